The van der Waals surface area contributed by atoms with E-state index in [4.69, 9.17) is 0 Å². The van der Waals surface area contributed by atoms with Gasteiger partial charge in [0.05, 0.1) is 0 Å². The topological polar surface area (TPSA) is 17.1 Å². The molecule has 0 saturated carbocycles. The highest BCUT2D eigenvalue weighted by Gasteiger charge is 2.16. The van der Waals surface area contributed by atoms with Crippen LogP contribution in [0.1, 0.15) is 47.8 Å². The monoisotopic (exact) mass is 270 g/mol. The normalized spacial score (nSPS) is 11.4. The predicted molar refractivity (Wildman–Crippen MR) is 79.7 cm³/mol. The Balaban J connectivity index is 2.34. The summed E-state index contributed by atoms with van der Waals surface area (Å²) in [5.74, 6) is -0.384. The van der Waals surface area contributed by atoms with E-state index in [0.29, 0.717) is 16.7 Å². The van der Waals surface area contributed by atoms with Gasteiger partial charge < -0.3 is 0 Å². The molecule has 104 valence electrons. The fourth-order valence-electron chi connectivity index (χ4n) is 2.16. The lowest BCUT2D eigenvalue weighted by Gasteiger charge is -2.19. The van der Waals surface area contributed by atoms with E-state index in [-0.39, 0.29) is 17.0 Å². The van der Waals surface area contributed by atoms with Crippen LogP contribution in [-0.4, -0.2) is 5.78 Å². The summed E-state index contributed by atoms with van der Waals surface area (Å²) >= 11 is 0. The second-order valence-corrected chi connectivity index (χ2v) is 6.12. The molecular formula is C18H19FO. The highest BCUT2D eigenvalue weighted by Crippen LogP contribution is 2.23. The number of halogens is 1. The quantitative estimate of drug-likeness (QED) is 0.725. The third-order valence-corrected chi connectivity index (χ3v) is 3.45. The Morgan fingerprint density at radius 1 is 1.00 bits per heavy atom. The van der Waals surface area contributed by atoms with E-state index in [1.807, 2.05) is 24.3 Å². The summed E-state index contributed by atoms with van der Waals surface area (Å²) in [5, 5.41) is 0. The van der Waals surface area contributed by atoms with E-state index in [0.717, 1.165) is 0 Å². The molecule has 0 spiro atoms. The van der Waals surface area contributed by atoms with Gasteiger partial charge in [-0.2, -0.15) is 0 Å². The molecule has 0 saturated heterocycles. The standard InChI is InChI=1S/C18H19FO/c1-12-11-15(19)9-10-16(12)17(20)13-5-7-14(8-6-13)18(2,3)4/h5-11H,1-4H3. The first kappa shape index (κ1) is 14.4. The molecule has 0 aliphatic rings. The van der Waals surface area contributed by atoms with Gasteiger partial charge in [-0.15, -0.1) is 0 Å². The van der Waals surface area contributed by atoms with Crippen LogP contribution in [0.2, 0.25) is 0 Å². The maximum absolute atomic E-state index is 13.1. The van der Waals surface area contributed by atoms with Crippen LogP contribution >= 0.6 is 0 Å². The zero-order valence-electron chi connectivity index (χ0n) is 12.3. The number of carbonyl (C=O) groups excluding carboxylic acids is 1. The van der Waals surface area contributed by atoms with Gasteiger partial charge in [0, 0.05) is 11.1 Å². The molecule has 0 heterocycles. The maximum Gasteiger partial charge on any atom is 0.193 e. The zero-order chi connectivity index (χ0) is 14.9. The van der Waals surface area contributed by atoms with Crippen molar-refractivity contribution in [3.63, 3.8) is 0 Å². The minimum atomic E-state index is -0.317. The van der Waals surface area contributed by atoms with Crippen LogP contribution in [-0.2, 0) is 5.41 Å². The van der Waals surface area contributed by atoms with Gasteiger partial charge >= 0.3 is 0 Å². The van der Waals surface area contributed by atoms with E-state index in [2.05, 4.69) is 20.8 Å². The Morgan fingerprint density at radius 3 is 2.10 bits per heavy atom. The molecule has 2 heteroatoms. The molecule has 0 aliphatic heterocycles. The molecule has 0 amide bonds. The Bertz CT molecular complexity index is 633. The van der Waals surface area contributed by atoms with Crippen molar-refractivity contribution < 1.29 is 9.18 Å². The number of hydrogen-bond acceptors (Lipinski definition) is 1. The predicted octanol–water partition coefficient (Wildman–Crippen LogP) is 4.66. The summed E-state index contributed by atoms with van der Waals surface area (Å²) in [6.45, 7) is 8.15. The average molecular weight is 270 g/mol. The first-order valence-electron chi connectivity index (χ1n) is 6.70. The molecule has 2 aromatic rings. The summed E-state index contributed by atoms with van der Waals surface area (Å²) in [6.07, 6.45) is 0. The van der Waals surface area contributed by atoms with Crippen molar-refractivity contribution in [3.05, 3.63) is 70.5 Å². The molecule has 0 fully saturated rings. The number of ketones is 1. The van der Waals surface area contributed by atoms with Crippen LogP contribution in [0.3, 0.4) is 0 Å². The van der Waals surface area contributed by atoms with Crippen LogP contribution in [0.4, 0.5) is 4.39 Å². The largest absolute Gasteiger partial charge is 0.289 e. The summed E-state index contributed by atoms with van der Waals surface area (Å²) in [7, 11) is 0. The summed E-state index contributed by atoms with van der Waals surface area (Å²) in [5.41, 5.74) is 3.09. The molecule has 2 rings (SSSR count). The first-order valence-corrected chi connectivity index (χ1v) is 6.70. The average Bonchev–Trinajstić information content (AvgIpc) is 2.37. The van der Waals surface area contributed by atoms with Gasteiger partial charge in [0.15, 0.2) is 5.78 Å². The molecule has 0 aromatic heterocycles. The lowest BCUT2D eigenvalue weighted by Crippen LogP contribution is -2.11. The fraction of sp³-hybridized carbons (Fsp3) is 0.278. The van der Waals surface area contributed by atoms with Gasteiger partial charge in [0.2, 0.25) is 0 Å². The van der Waals surface area contributed by atoms with Crippen LogP contribution in [0, 0.1) is 12.7 Å². The lowest BCUT2D eigenvalue weighted by molar-refractivity contribution is 0.103. The summed E-state index contributed by atoms with van der Waals surface area (Å²) in [6, 6.07) is 11.9. The van der Waals surface area contributed by atoms with Gasteiger partial charge in [-0.25, -0.2) is 4.39 Å². The molecule has 0 unspecified atom stereocenters. The number of rotatable bonds is 2. The molecule has 2 aromatic carbocycles. The van der Waals surface area contributed by atoms with E-state index < -0.39 is 0 Å². The number of hydrogen-bond donors (Lipinski definition) is 0. The zero-order valence-corrected chi connectivity index (χ0v) is 12.3. The van der Waals surface area contributed by atoms with Crippen LogP contribution in [0.5, 0.6) is 0 Å². The van der Waals surface area contributed by atoms with E-state index >= 15 is 0 Å². The van der Waals surface area contributed by atoms with E-state index in [9.17, 15) is 9.18 Å². The Labute approximate surface area is 119 Å². The molecule has 0 bridgehead atoms. The third kappa shape index (κ3) is 2.96. The maximum atomic E-state index is 13.1. The highest BCUT2D eigenvalue weighted by molar-refractivity contribution is 6.09. The van der Waals surface area contributed by atoms with Gasteiger partial charge in [0.25, 0.3) is 0 Å². The molecule has 20 heavy (non-hydrogen) atoms. The van der Waals surface area contributed by atoms with Crippen molar-refractivity contribution >= 4 is 5.78 Å². The van der Waals surface area contributed by atoms with Gasteiger partial charge in [-0.05, 0) is 41.7 Å². The van der Waals surface area contributed by atoms with Crippen LogP contribution in [0.15, 0.2) is 42.5 Å². The third-order valence-electron chi connectivity index (χ3n) is 3.45. The van der Waals surface area contributed by atoms with Gasteiger partial charge in [0.1, 0.15) is 5.82 Å². The van der Waals surface area contributed by atoms with Crippen molar-refractivity contribution in [2.75, 3.05) is 0 Å². The van der Waals surface area contributed by atoms with Crippen molar-refractivity contribution in [2.24, 2.45) is 0 Å². The lowest BCUT2D eigenvalue weighted by atomic mass is 9.86. The van der Waals surface area contributed by atoms with E-state index in [1.165, 1.54) is 17.7 Å². The fourth-order valence-corrected chi connectivity index (χ4v) is 2.16. The number of carbonyl (C=O) groups is 1. The Kier molecular flexibility index (Phi) is 3.76. The van der Waals surface area contributed by atoms with Gasteiger partial charge in [-0.3, -0.25) is 4.79 Å². The molecule has 0 aliphatic carbocycles. The summed E-state index contributed by atoms with van der Waals surface area (Å²) < 4.78 is 13.1. The molecule has 0 N–H and O–H groups in total. The smallest absolute Gasteiger partial charge is 0.193 e. The first-order chi connectivity index (χ1) is 9.29. The summed E-state index contributed by atoms with van der Waals surface area (Å²) in [4.78, 5) is 12.4. The molecular weight excluding hydrogens is 251 g/mol. The molecule has 1 nitrogen and oxygen atoms in total. The highest BCUT2D eigenvalue weighted by atomic mass is 19.1. The van der Waals surface area contributed by atoms with Crippen molar-refractivity contribution in [2.45, 2.75) is 33.1 Å². The van der Waals surface area contributed by atoms with Gasteiger partial charge in [-0.1, -0.05) is 45.0 Å². The van der Waals surface area contributed by atoms with Crippen LogP contribution < -0.4 is 0 Å². The molecule has 0 radical (unpaired) electrons. The Hall–Kier alpha value is -1.96. The second kappa shape index (κ2) is 5.20. The minimum absolute atomic E-state index is 0.0629. The van der Waals surface area contributed by atoms with Crippen LogP contribution in [0.25, 0.3) is 0 Å². The number of aryl methyl sites for hydroxylation is 1. The SMILES string of the molecule is Cc1cc(F)ccc1C(=O)c1ccc(C(C)(C)C)cc1. The Morgan fingerprint density at radius 2 is 1.60 bits per heavy atom. The molecule has 0 atom stereocenters. The van der Waals surface area contributed by atoms with E-state index in [1.54, 1.807) is 13.0 Å². The number of benzene rings is 2. The second-order valence-electron chi connectivity index (χ2n) is 6.12. The minimum Gasteiger partial charge on any atom is -0.289 e. The van der Waals surface area contributed by atoms with Crippen molar-refractivity contribution in [1.29, 1.82) is 0 Å². The van der Waals surface area contributed by atoms with Crippen molar-refractivity contribution in [1.82, 2.24) is 0 Å². The van der Waals surface area contributed by atoms with Crippen molar-refractivity contribution in [3.8, 4) is 0 Å².